The van der Waals surface area contributed by atoms with Crippen molar-refractivity contribution in [3.63, 3.8) is 0 Å². The third-order valence-electron chi connectivity index (χ3n) is 3.10. The summed E-state index contributed by atoms with van der Waals surface area (Å²) in [5.41, 5.74) is 0.805. The first kappa shape index (κ1) is 12.9. The van der Waals surface area contributed by atoms with Crippen molar-refractivity contribution in [2.45, 2.75) is 6.04 Å². The average molecular weight is 295 g/mol. The molecule has 0 aliphatic carbocycles. The van der Waals surface area contributed by atoms with E-state index in [4.69, 9.17) is 11.6 Å². The number of halogens is 3. The van der Waals surface area contributed by atoms with Gasteiger partial charge in [0, 0.05) is 16.3 Å². The number of nitrogens with one attached hydrogen (secondary N) is 2. The predicted octanol–water partition coefficient (Wildman–Crippen LogP) is 3.72. The zero-order valence-electron chi connectivity index (χ0n) is 10.1. The summed E-state index contributed by atoms with van der Waals surface area (Å²) in [6.45, 7) is 0. The Morgan fingerprint density at radius 1 is 1.15 bits per heavy atom. The number of carbonyl (C=O) groups is 1. The van der Waals surface area contributed by atoms with Gasteiger partial charge in [0.05, 0.1) is 0 Å². The van der Waals surface area contributed by atoms with Gasteiger partial charge in [-0.2, -0.15) is 0 Å². The largest absolute Gasteiger partial charge is 0.365 e. The molecule has 1 heterocycles. The Balaban J connectivity index is 2.00. The molecule has 6 heteroatoms. The molecule has 20 heavy (non-hydrogen) atoms. The van der Waals surface area contributed by atoms with Crippen LogP contribution in [0.25, 0.3) is 0 Å². The summed E-state index contributed by atoms with van der Waals surface area (Å²) < 4.78 is 27.3. The van der Waals surface area contributed by atoms with Crippen molar-refractivity contribution in [1.29, 1.82) is 0 Å². The molecule has 0 spiro atoms. The zero-order valence-corrected chi connectivity index (χ0v) is 10.8. The van der Waals surface area contributed by atoms with Crippen LogP contribution in [0.3, 0.4) is 0 Å². The molecule has 102 valence electrons. The van der Waals surface area contributed by atoms with E-state index in [2.05, 4.69) is 10.6 Å². The van der Waals surface area contributed by atoms with Crippen molar-refractivity contribution in [2.75, 3.05) is 10.6 Å². The first-order valence-corrected chi connectivity index (χ1v) is 6.25. The quantitative estimate of drug-likeness (QED) is 0.886. The summed E-state index contributed by atoms with van der Waals surface area (Å²) >= 11 is 5.89. The smallest absolute Gasteiger partial charge is 0.251 e. The fourth-order valence-electron chi connectivity index (χ4n) is 2.16. The van der Waals surface area contributed by atoms with E-state index in [0.717, 1.165) is 12.1 Å². The summed E-state index contributed by atoms with van der Waals surface area (Å²) in [7, 11) is 0. The number of anilines is 2. The van der Waals surface area contributed by atoms with E-state index in [-0.39, 0.29) is 11.6 Å². The molecule has 3 nitrogen and oxygen atoms in total. The summed E-state index contributed by atoms with van der Waals surface area (Å²) in [4.78, 5) is 11.9. The van der Waals surface area contributed by atoms with Crippen LogP contribution >= 0.6 is 11.6 Å². The molecule has 1 amide bonds. The van der Waals surface area contributed by atoms with Gasteiger partial charge in [0.15, 0.2) is 0 Å². The van der Waals surface area contributed by atoms with E-state index in [9.17, 15) is 13.6 Å². The minimum atomic E-state index is -0.880. The van der Waals surface area contributed by atoms with E-state index >= 15 is 0 Å². The van der Waals surface area contributed by atoms with Crippen LogP contribution in [0.15, 0.2) is 36.4 Å². The maximum atomic E-state index is 13.6. The number of para-hydroxylation sites is 1. The van der Waals surface area contributed by atoms with Crippen molar-refractivity contribution < 1.29 is 13.6 Å². The highest BCUT2D eigenvalue weighted by molar-refractivity contribution is 6.31. The molecule has 2 aromatic carbocycles. The van der Waals surface area contributed by atoms with E-state index in [1.165, 1.54) is 6.07 Å². The highest BCUT2D eigenvalue weighted by Gasteiger charge is 2.31. The van der Waals surface area contributed by atoms with Crippen LogP contribution in [0.5, 0.6) is 0 Å². The van der Waals surface area contributed by atoms with Crippen LogP contribution in [-0.4, -0.2) is 5.91 Å². The minimum Gasteiger partial charge on any atom is -0.365 e. The van der Waals surface area contributed by atoms with Crippen molar-refractivity contribution in [3.8, 4) is 0 Å². The van der Waals surface area contributed by atoms with Crippen LogP contribution in [0.4, 0.5) is 20.2 Å². The molecule has 2 aromatic rings. The number of amides is 1. The Labute approximate surface area is 118 Å². The molecule has 0 saturated heterocycles. The number of hydrogen-bond acceptors (Lipinski definition) is 2. The summed E-state index contributed by atoms with van der Waals surface area (Å²) in [5.74, 6) is -1.90. The van der Waals surface area contributed by atoms with Gasteiger partial charge in [-0.25, -0.2) is 8.78 Å². The summed E-state index contributed by atoms with van der Waals surface area (Å²) in [6, 6.07) is 7.49. The molecule has 0 fully saturated rings. The van der Waals surface area contributed by atoms with Crippen molar-refractivity contribution >= 4 is 28.9 Å². The monoisotopic (exact) mass is 294 g/mol. The molecule has 0 bridgehead atoms. The third kappa shape index (κ3) is 2.10. The molecule has 0 aromatic heterocycles. The highest BCUT2D eigenvalue weighted by Crippen LogP contribution is 2.36. The molecule has 1 aliphatic heterocycles. The van der Waals surface area contributed by atoms with Gasteiger partial charge in [0.2, 0.25) is 0 Å². The fraction of sp³-hybridized carbons (Fsp3) is 0.0714. The number of carbonyl (C=O) groups excluding carboxylic acids is 1. The van der Waals surface area contributed by atoms with Crippen LogP contribution in [0, 0.1) is 11.6 Å². The maximum absolute atomic E-state index is 13.6. The van der Waals surface area contributed by atoms with Gasteiger partial charge >= 0.3 is 0 Å². The van der Waals surface area contributed by atoms with Gasteiger partial charge in [-0.05, 0) is 30.3 Å². The van der Waals surface area contributed by atoms with Crippen LogP contribution < -0.4 is 10.6 Å². The SMILES string of the molecule is O=C1Nc2ccc(Cl)cc2C1Nc1c(F)cccc1F. The molecule has 1 unspecified atom stereocenters. The molecular formula is C14H9ClF2N2O. The zero-order chi connectivity index (χ0) is 14.3. The average Bonchev–Trinajstić information content (AvgIpc) is 2.70. The summed E-state index contributed by atoms with van der Waals surface area (Å²) in [5, 5.41) is 5.66. The Bertz CT molecular complexity index is 685. The van der Waals surface area contributed by atoms with Gasteiger partial charge in [-0.1, -0.05) is 17.7 Å². The number of fused-ring (bicyclic) bond motifs is 1. The molecule has 3 rings (SSSR count). The van der Waals surface area contributed by atoms with Crippen molar-refractivity contribution in [3.05, 3.63) is 58.6 Å². The normalized spacial score (nSPS) is 16.8. The second-order valence-corrected chi connectivity index (χ2v) is 4.83. The van der Waals surface area contributed by atoms with Gasteiger partial charge in [-0.15, -0.1) is 0 Å². The maximum Gasteiger partial charge on any atom is 0.251 e. The first-order valence-electron chi connectivity index (χ1n) is 5.87. The van der Waals surface area contributed by atoms with Gasteiger partial charge in [-0.3, -0.25) is 4.79 Å². The van der Waals surface area contributed by atoms with Crippen LogP contribution in [-0.2, 0) is 4.79 Å². The van der Waals surface area contributed by atoms with E-state index in [1.54, 1.807) is 18.2 Å². The highest BCUT2D eigenvalue weighted by atomic mass is 35.5. The second-order valence-electron chi connectivity index (χ2n) is 4.39. The third-order valence-corrected chi connectivity index (χ3v) is 3.33. The van der Waals surface area contributed by atoms with Crippen LogP contribution in [0.1, 0.15) is 11.6 Å². The van der Waals surface area contributed by atoms with Gasteiger partial charge in [0.25, 0.3) is 5.91 Å². The fourth-order valence-corrected chi connectivity index (χ4v) is 2.34. The Hall–Kier alpha value is -2.14. The lowest BCUT2D eigenvalue weighted by Gasteiger charge is -2.14. The lowest BCUT2D eigenvalue weighted by molar-refractivity contribution is -0.116. The number of hydrogen-bond donors (Lipinski definition) is 2. The lowest BCUT2D eigenvalue weighted by Crippen LogP contribution is -2.20. The summed E-state index contributed by atoms with van der Waals surface area (Å²) in [6.07, 6.45) is 0. The van der Waals surface area contributed by atoms with E-state index in [0.29, 0.717) is 16.3 Å². The van der Waals surface area contributed by atoms with Crippen molar-refractivity contribution in [1.82, 2.24) is 0 Å². The Morgan fingerprint density at radius 3 is 2.55 bits per heavy atom. The lowest BCUT2D eigenvalue weighted by atomic mass is 10.1. The molecule has 0 saturated carbocycles. The van der Waals surface area contributed by atoms with Crippen molar-refractivity contribution in [2.24, 2.45) is 0 Å². The predicted molar refractivity (Wildman–Crippen MR) is 72.8 cm³/mol. The molecule has 1 aliphatic rings. The van der Waals surface area contributed by atoms with E-state index in [1.807, 2.05) is 0 Å². The second kappa shape index (κ2) is 4.76. The number of benzene rings is 2. The molecule has 0 radical (unpaired) electrons. The van der Waals surface area contributed by atoms with E-state index < -0.39 is 17.7 Å². The minimum absolute atomic E-state index is 0.333. The topological polar surface area (TPSA) is 41.1 Å². The first-order chi connectivity index (χ1) is 9.56. The van der Waals surface area contributed by atoms with Gasteiger partial charge < -0.3 is 10.6 Å². The Kier molecular flexibility index (Phi) is 3.06. The Morgan fingerprint density at radius 2 is 1.85 bits per heavy atom. The number of rotatable bonds is 2. The standard InChI is InChI=1S/C14H9ClF2N2O/c15-7-4-5-11-8(6-7)12(14(20)18-11)19-13-9(16)2-1-3-10(13)17/h1-6,12,19H,(H,18,20). The molecular weight excluding hydrogens is 286 g/mol. The van der Waals surface area contributed by atoms with Gasteiger partial charge in [0.1, 0.15) is 23.4 Å². The van der Waals surface area contributed by atoms with Crippen LogP contribution in [0.2, 0.25) is 5.02 Å². The molecule has 1 atom stereocenters. The molecule has 2 N–H and O–H groups in total.